The molecular weight excluding hydrogens is 259 g/mol. The summed E-state index contributed by atoms with van der Waals surface area (Å²) in [7, 11) is 1.40. The van der Waals surface area contributed by atoms with E-state index in [4.69, 9.17) is 4.74 Å². The second-order valence-electron chi connectivity index (χ2n) is 5.33. The third-order valence-corrected chi connectivity index (χ3v) is 4.08. The number of aromatic amines is 1. The summed E-state index contributed by atoms with van der Waals surface area (Å²) >= 11 is 0. The summed E-state index contributed by atoms with van der Waals surface area (Å²) in [6.07, 6.45) is 4.27. The third kappa shape index (κ3) is 2.28. The molecule has 5 heteroatoms. The summed E-state index contributed by atoms with van der Waals surface area (Å²) in [5, 5.41) is 0. The summed E-state index contributed by atoms with van der Waals surface area (Å²) in [5.74, 6) is -0.116. The molecular formula is C15H17FN2O2. The quantitative estimate of drug-likeness (QED) is 0.876. The van der Waals surface area contributed by atoms with Gasteiger partial charge in [0.15, 0.2) is 0 Å². The van der Waals surface area contributed by atoms with Crippen molar-refractivity contribution in [2.45, 2.75) is 31.6 Å². The third-order valence-electron chi connectivity index (χ3n) is 4.08. The Hall–Kier alpha value is -1.91. The fraction of sp³-hybridized carbons (Fsp3) is 0.467. The number of benzene rings is 1. The van der Waals surface area contributed by atoms with Gasteiger partial charge in [-0.3, -0.25) is 4.79 Å². The van der Waals surface area contributed by atoms with Gasteiger partial charge in [-0.25, -0.2) is 9.37 Å². The Morgan fingerprint density at radius 2 is 2.20 bits per heavy atom. The van der Waals surface area contributed by atoms with E-state index >= 15 is 0 Å². The molecule has 0 aliphatic heterocycles. The number of aromatic nitrogens is 2. The molecule has 1 aliphatic rings. The Bertz CT molecular complexity index is 632. The van der Waals surface area contributed by atoms with Crippen LogP contribution in [0.5, 0.6) is 0 Å². The normalized spacial score (nSPS) is 17.5. The average molecular weight is 276 g/mol. The molecule has 106 valence electrons. The predicted molar refractivity (Wildman–Crippen MR) is 72.8 cm³/mol. The molecule has 1 aromatic heterocycles. The smallest absolute Gasteiger partial charge is 0.316 e. The zero-order valence-corrected chi connectivity index (χ0v) is 11.4. The van der Waals surface area contributed by atoms with Crippen LogP contribution >= 0.6 is 0 Å². The lowest BCUT2D eigenvalue weighted by Gasteiger charge is -2.18. The van der Waals surface area contributed by atoms with E-state index in [0.29, 0.717) is 16.9 Å². The maximum atomic E-state index is 13.2. The number of methoxy groups -OCH3 is 1. The molecule has 1 heterocycles. The van der Waals surface area contributed by atoms with Gasteiger partial charge in [-0.15, -0.1) is 0 Å². The molecule has 3 rings (SSSR count). The second-order valence-corrected chi connectivity index (χ2v) is 5.33. The molecule has 0 amide bonds. The van der Waals surface area contributed by atoms with Crippen LogP contribution in [0.4, 0.5) is 4.39 Å². The Morgan fingerprint density at radius 1 is 1.45 bits per heavy atom. The lowest BCUT2D eigenvalue weighted by molar-refractivity contribution is -0.144. The standard InChI is InChI=1S/C15H17FN2O2/c1-20-15(19)13(9-4-2-3-5-9)14-17-11-7-6-10(16)8-12(11)18-14/h6-9,13H,2-5H2,1H3,(H,17,18). The number of esters is 1. The number of nitrogens with zero attached hydrogens (tertiary/aromatic N) is 1. The lowest BCUT2D eigenvalue weighted by Crippen LogP contribution is -2.22. The minimum Gasteiger partial charge on any atom is -0.468 e. The maximum absolute atomic E-state index is 13.2. The van der Waals surface area contributed by atoms with Crippen LogP contribution in [0.2, 0.25) is 0 Å². The zero-order chi connectivity index (χ0) is 14.1. The van der Waals surface area contributed by atoms with Crippen molar-refractivity contribution in [2.75, 3.05) is 7.11 Å². The van der Waals surface area contributed by atoms with Crippen LogP contribution < -0.4 is 0 Å². The number of carbonyl (C=O) groups excluding carboxylic acids is 1. The van der Waals surface area contributed by atoms with Gasteiger partial charge in [-0.1, -0.05) is 12.8 Å². The molecule has 1 fully saturated rings. The van der Waals surface area contributed by atoms with Gasteiger partial charge in [0, 0.05) is 0 Å². The average Bonchev–Trinajstić information content (AvgIpc) is 3.07. The number of nitrogens with one attached hydrogen (secondary N) is 1. The van der Waals surface area contributed by atoms with E-state index in [2.05, 4.69) is 9.97 Å². The monoisotopic (exact) mass is 276 g/mol. The summed E-state index contributed by atoms with van der Waals surface area (Å²) in [6.45, 7) is 0. The number of carbonyl (C=O) groups is 1. The first-order chi connectivity index (χ1) is 9.69. The van der Waals surface area contributed by atoms with Crippen LogP contribution in [0.3, 0.4) is 0 Å². The molecule has 0 bridgehead atoms. The van der Waals surface area contributed by atoms with E-state index in [9.17, 15) is 9.18 Å². The van der Waals surface area contributed by atoms with Crippen LogP contribution in [0.1, 0.15) is 37.4 Å². The summed E-state index contributed by atoms with van der Waals surface area (Å²) in [5.41, 5.74) is 1.29. The number of hydrogen-bond donors (Lipinski definition) is 1. The van der Waals surface area contributed by atoms with Gasteiger partial charge >= 0.3 is 5.97 Å². The van der Waals surface area contributed by atoms with Crippen molar-refractivity contribution in [2.24, 2.45) is 5.92 Å². The predicted octanol–water partition coefficient (Wildman–Crippen LogP) is 3.15. The van der Waals surface area contributed by atoms with Crippen molar-refractivity contribution in [3.8, 4) is 0 Å². The molecule has 1 saturated carbocycles. The molecule has 1 unspecified atom stereocenters. The number of rotatable bonds is 3. The molecule has 4 nitrogen and oxygen atoms in total. The van der Waals surface area contributed by atoms with Gasteiger partial charge < -0.3 is 9.72 Å². The van der Waals surface area contributed by atoms with E-state index < -0.39 is 0 Å². The van der Waals surface area contributed by atoms with E-state index in [1.165, 1.54) is 19.2 Å². The SMILES string of the molecule is COC(=O)C(c1nc2ccc(F)cc2[nH]1)C1CCCC1. The highest BCUT2D eigenvalue weighted by molar-refractivity contribution is 5.81. The number of H-pyrrole nitrogens is 1. The lowest BCUT2D eigenvalue weighted by atomic mass is 9.90. The van der Waals surface area contributed by atoms with Gasteiger partial charge in [0.2, 0.25) is 0 Å². The van der Waals surface area contributed by atoms with Crippen molar-refractivity contribution in [3.63, 3.8) is 0 Å². The number of imidazole rings is 1. The maximum Gasteiger partial charge on any atom is 0.316 e. The minimum absolute atomic E-state index is 0.257. The molecule has 1 atom stereocenters. The molecule has 0 saturated heterocycles. The number of fused-ring (bicyclic) bond motifs is 1. The molecule has 2 aromatic rings. The summed E-state index contributed by atoms with van der Waals surface area (Å²) in [6, 6.07) is 4.39. The number of halogens is 1. The molecule has 1 aliphatic carbocycles. The topological polar surface area (TPSA) is 55.0 Å². The van der Waals surface area contributed by atoms with Crippen LogP contribution in [0, 0.1) is 11.7 Å². The molecule has 1 N–H and O–H groups in total. The first-order valence-corrected chi connectivity index (χ1v) is 6.92. The van der Waals surface area contributed by atoms with Crippen molar-refractivity contribution >= 4 is 17.0 Å². The Balaban J connectivity index is 2.01. The van der Waals surface area contributed by atoms with Crippen LogP contribution in [0.15, 0.2) is 18.2 Å². The fourth-order valence-corrected chi connectivity index (χ4v) is 3.09. The number of ether oxygens (including phenoxy) is 1. The Labute approximate surface area is 116 Å². The van der Waals surface area contributed by atoms with Gasteiger partial charge in [-0.05, 0) is 37.0 Å². The van der Waals surface area contributed by atoms with E-state index in [-0.39, 0.29) is 23.6 Å². The van der Waals surface area contributed by atoms with Gasteiger partial charge in [0.05, 0.1) is 18.1 Å². The second kappa shape index (κ2) is 5.23. The zero-order valence-electron chi connectivity index (χ0n) is 11.4. The van der Waals surface area contributed by atoms with Crippen molar-refractivity contribution in [1.29, 1.82) is 0 Å². The van der Waals surface area contributed by atoms with Crippen molar-refractivity contribution < 1.29 is 13.9 Å². The highest BCUT2D eigenvalue weighted by Gasteiger charge is 2.35. The molecule has 0 radical (unpaired) electrons. The molecule has 20 heavy (non-hydrogen) atoms. The fourth-order valence-electron chi connectivity index (χ4n) is 3.09. The number of hydrogen-bond acceptors (Lipinski definition) is 3. The highest BCUT2D eigenvalue weighted by Crippen LogP contribution is 2.37. The molecule has 0 spiro atoms. The minimum atomic E-state index is -0.377. The van der Waals surface area contributed by atoms with Crippen molar-refractivity contribution in [3.05, 3.63) is 29.8 Å². The van der Waals surface area contributed by atoms with Gasteiger partial charge in [0.25, 0.3) is 0 Å². The Kier molecular flexibility index (Phi) is 3.42. The van der Waals surface area contributed by atoms with Crippen LogP contribution in [-0.4, -0.2) is 23.0 Å². The van der Waals surface area contributed by atoms with Crippen LogP contribution in [-0.2, 0) is 9.53 Å². The summed E-state index contributed by atoms with van der Waals surface area (Å²) in [4.78, 5) is 19.6. The summed E-state index contributed by atoms with van der Waals surface area (Å²) < 4.78 is 18.2. The van der Waals surface area contributed by atoms with E-state index in [0.717, 1.165) is 25.7 Å². The largest absolute Gasteiger partial charge is 0.468 e. The van der Waals surface area contributed by atoms with Crippen LogP contribution in [0.25, 0.3) is 11.0 Å². The first kappa shape index (κ1) is 13.1. The van der Waals surface area contributed by atoms with Gasteiger partial charge in [-0.2, -0.15) is 0 Å². The van der Waals surface area contributed by atoms with E-state index in [1.54, 1.807) is 6.07 Å². The Morgan fingerprint density at radius 3 is 2.90 bits per heavy atom. The molecule has 1 aromatic carbocycles. The van der Waals surface area contributed by atoms with Gasteiger partial charge in [0.1, 0.15) is 17.6 Å². The highest BCUT2D eigenvalue weighted by atomic mass is 19.1. The first-order valence-electron chi connectivity index (χ1n) is 6.92. The van der Waals surface area contributed by atoms with Crippen molar-refractivity contribution in [1.82, 2.24) is 9.97 Å². The van der Waals surface area contributed by atoms with E-state index in [1.807, 2.05) is 0 Å².